The van der Waals surface area contributed by atoms with E-state index in [9.17, 15) is 4.79 Å². The summed E-state index contributed by atoms with van der Waals surface area (Å²) in [6.45, 7) is 5.57. The molecule has 0 spiro atoms. The molecule has 0 aliphatic carbocycles. The number of hydrogen-bond acceptors (Lipinski definition) is 3. The predicted octanol–water partition coefficient (Wildman–Crippen LogP) is 6.09. The van der Waals surface area contributed by atoms with Crippen molar-refractivity contribution in [2.24, 2.45) is 0 Å². The van der Waals surface area contributed by atoms with Crippen LogP contribution in [0.1, 0.15) is 28.4 Å². The quantitative estimate of drug-likeness (QED) is 0.530. The summed E-state index contributed by atoms with van der Waals surface area (Å²) >= 11 is 0. The van der Waals surface area contributed by atoms with E-state index in [-0.39, 0.29) is 5.78 Å². The van der Waals surface area contributed by atoms with Crippen LogP contribution in [-0.4, -0.2) is 5.78 Å². The highest BCUT2D eigenvalue weighted by molar-refractivity contribution is 5.95. The second-order valence-corrected chi connectivity index (χ2v) is 6.08. The molecule has 126 valence electrons. The first-order valence-electron chi connectivity index (χ1n) is 8.15. The van der Waals surface area contributed by atoms with Crippen LogP contribution in [0.25, 0.3) is 0 Å². The number of ketones is 1. The molecule has 0 aliphatic heterocycles. The molecular weight excluding hydrogens is 312 g/mol. The number of carbonyl (C=O) groups excluding carboxylic acids is 1. The van der Waals surface area contributed by atoms with Crippen LogP contribution in [0, 0.1) is 13.8 Å². The SMILES string of the molecule is CC(=O)c1cc(Oc2ccc(C)cc2)cc(Oc2ccc(C)cc2)c1. The van der Waals surface area contributed by atoms with Gasteiger partial charge in [-0.2, -0.15) is 0 Å². The van der Waals surface area contributed by atoms with E-state index in [4.69, 9.17) is 9.47 Å². The van der Waals surface area contributed by atoms with Crippen molar-refractivity contribution >= 4 is 5.78 Å². The summed E-state index contributed by atoms with van der Waals surface area (Å²) in [4.78, 5) is 11.8. The number of Topliss-reactive ketones (excluding diaryl/α,β-unsaturated/α-hetero) is 1. The predicted molar refractivity (Wildman–Crippen MR) is 99.0 cm³/mol. The largest absolute Gasteiger partial charge is 0.457 e. The number of carbonyl (C=O) groups is 1. The van der Waals surface area contributed by atoms with Crippen LogP contribution in [-0.2, 0) is 0 Å². The molecule has 0 bridgehead atoms. The molecule has 3 heteroatoms. The molecular formula is C22H20O3. The lowest BCUT2D eigenvalue weighted by molar-refractivity contribution is 0.101. The number of benzene rings is 3. The molecule has 0 atom stereocenters. The molecule has 3 rings (SSSR count). The minimum Gasteiger partial charge on any atom is -0.457 e. The van der Waals surface area contributed by atoms with Gasteiger partial charge in [0.25, 0.3) is 0 Å². The number of aryl methyl sites for hydroxylation is 2. The molecule has 3 nitrogen and oxygen atoms in total. The monoisotopic (exact) mass is 332 g/mol. The van der Waals surface area contributed by atoms with E-state index in [2.05, 4.69) is 0 Å². The Morgan fingerprint density at radius 3 is 1.40 bits per heavy atom. The number of rotatable bonds is 5. The average Bonchev–Trinajstić information content (AvgIpc) is 2.59. The summed E-state index contributed by atoms with van der Waals surface area (Å²) in [5.41, 5.74) is 2.87. The zero-order valence-corrected chi connectivity index (χ0v) is 14.6. The standard InChI is InChI=1S/C22H20O3/c1-15-4-8-19(9-5-15)24-21-12-18(17(3)23)13-22(14-21)25-20-10-6-16(2)7-11-20/h4-14H,1-3H3. The molecule has 0 heterocycles. The van der Waals surface area contributed by atoms with Crippen molar-refractivity contribution in [3.8, 4) is 23.0 Å². The average molecular weight is 332 g/mol. The van der Waals surface area contributed by atoms with E-state index in [0.29, 0.717) is 28.6 Å². The summed E-state index contributed by atoms with van der Waals surface area (Å²) < 4.78 is 11.8. The van der Waals surface area contributed by atoms with Gasteiger partial charge in [-0.1, -0.05) is 35.4 Å². The second kappa shape index (κ2) is 7.22. The minimum atomic E-state index is -0.0388. The Labute approximate surface area is 147 Å². The molecule has 0 unspecified atom stereocenters. The van der Waals surface area contributed by atoms with Crippen LogP contribution in [0.2, 0.25) is 0 Å². The van der Waals surface area contributed by atoms with Gasteiger partial charge in [0.1, 0.15) is 23.0 Å². The van der Waals surface area contributed by atoms with Gasteiger partial charge in [-0.3, -0.25) is 4.79 Å². The zero-order chi connectivity index (χ0) is 17.8. The van der Waals surface area contributed by atoms with Crippen molar-refractivity contribution in [1.82, 2.24) is 0 Å². The van der Waals surface area contributed by atoms with Crippen molar-refractivity contribution in [1.29, 1.82) is 0 Å². The van der Waals surface area contributed by atoms with Crippen molar-refractivity contribution in [3.05, 3.63) is 83.4 Å². The Bertz CT molecular complexity index is 812. The van der Waals surface area contributed by atoms with E-state index < -0.39 is 0 Å². The molecule has 0 radical (unpaired) electrons. The zero-order valence-electron chi connectivity index (χ0n) is 14.6. The summed E-state index contributed by atoms with van der Waals surface area (Å²) in [7, 11) is 0. The van der Waals surface area contributed by atoms with E-state index >= 15 is 0 Å². The first-order chi connectivity index (χ1) is 12.0. The van der Waals surface area contributed by atoms with Crippen LogP contribution in [0.4, 0.5) is 0 Å². The topological polar surface area (TPSA) is 35.5 Å². The lowest BCUT2D eigenvalue weighted by atomic mass is 10.1. The molecule has 0 aromatic heterocycles. The number of ether oxygens (including phenoxy) is 2. The highest BCUT2D eigenvalue weighted by atomic mass is 16.5. The Morgan fingerprint density at radius 2 is 1.04 bits per heavy atom. The first-order valence-corrected chi connectivity index (χ1v) is 8.15. The van der Waals surface area contributed by atoms with Crippen molar-refractivity contribution < 1.29 is 14.3 Å². The van der Waals surface area contributed by atoms with E-state index in [0.717, 1.165) is 11.1 Å². The molecule has 0 aliphatic rings. The minimum absolute atomic E-state index is 0.0388. The van der Waals surface area contributed by atoms with Gasteiger partial charge in [0.05, 0.1) is 0 Å². The third kappa shape index (κ3) is 4.48. The third-order valence-electron chi connectivity index (χ3n) is 3.80. The highest BCUT2D eigenvalue weighted by Crippen LogP contribution is 2.30. The van der Waals surface area contributed by atoms with Crippen molar-refractivity contribution in [3.63, 3.8) is 0 Å². The molecule has 3 aromatic carbocycles. The Hall–Kier alpha value is -3.07. The number of hydrogen-bond donors (Lipinski definition) is 0. The molecule has 0 saturated carbocycles. The van der Waals surface area contributed by atoms with Gasteiger partial charge in [-0.05, 0) is 57.2 Å². The van der Waals surface area contributed by atoms with E-state index in [1.807, 2.05) is 62.4 Å². The lowest BCUT2D eigenvalue weighted by Crippen LogP contribution is -1.95. The fraction of sp³-hybridized carbons (Fsp3) is 0.136. The Kier molecular flexibility index (Phi) is 4.85. The normalized spacial score (nSPS) is 10.4. The van der Waals surface area contributed by atoms with Gasteiger partial charge in [-0.15, -0.1) is 0 Å². The van der Waals surface area contributed by atoms with Gasteiger partial charge < -0.3 is 9.47 Å². The van der Waals surface area contributed by atoms with Crippen LogP contribution < -0.4 is 9.47 Å². The van der Waals surface area contributed by atoms with Gasteiger partial charge in [0.2, 0.25) is 0 Å². The van der Waals surface area contributed by atoms with Crippen LogP contribution in [0.3, 0.4) is 0 Å². The Morgan fingerprint density at radius 1 is 0.640 bits per heavy atom. The van der Waals surface area contributed by atoms with E-state index in [1.54, 1.807) is 18.2 Å². The smallest absolute Gasteiger partial charge is 0.160 e. The summed E-state index contributed by atoms with van der Waals surface area (Å²) in [6.07, 6.45) is 0. The summed E-state index contributed by atoms with van der Waals surface area (Å²) in [5.74, 6) is 2.53. The first kappa shape index (κ1) is 16.8. The van der Waals surface area contributed by atoms with Crippen LogP contribution in [0.5, 0.6) is 23.0 Å². The maximum atomic E-state index is 11.8. The van der Waals surface area contributed by atoms with Gasteiger partial charge in [0.15, 0.2) is 5.78 Å². The maximum absolute atomic E-state index is 11.8. The molecule has 25 heavy (non-hydrogen) atoms. The van der Waals surface area contributed by atoms with Gasteiger partial charge in [-0.25, -0.2) is 0 Å². The van der Waals surface area contributed by atoms with Gasteiger partial charge >= 0.3 is 0 Å². The Balaban J connectivity index is 1.89. The van der Waals surface area contributed by atoms with Gasteiger partial charge in [0, 0.05) is 11.6 Å². The summed E-state index contributed by atoms with van der Waals surface area (Å²) in [5, 5.41) is 0. The van der Waals surface area contributed by atoms with Crippen LogP contribution >= 0.6 is 0 Å². The molecule has 3 aromatic rings. The molecule has 0 N–H and O–H groups in total. The van der Waals surface area contributed by atoms with Crippen molar-refractivity contribution in [2.75, 3.05) is 0 Å². The molecule has 0 amide bonds. The molecule has 0 fully saturated rings. The van der Waals surface area contributed by atoms with E-state index in [1.165, 1.54) is 6.92 Å². The summed E-state index contributed by atoms with van der Waals surface area (Å²) in [6, 6.07) is 20.8. The fourth-order valence-electron chi connectivity index (χ4n) is 2.38. The maximum Gasteiger partial charge on any atom is 0.160 e. The second-order valence-electron chi connectivity index (χ2n) is 6.08. The van der Waals surface area contributed by atoms with Crippen molar-refractivity contribution in [2.45, 2.75) is 20.8 Å². The fourth-order valence-corrected chi connectivity index (χ4v) is 2.38. The highest BCUT2D eigenvalue weighted by Gasteiger charge is 2.09. The van der Waals surface area contributed by atoms with Crippen LogP contribution in [0.15, 0.2) is 66.7 Å². The lowest BCUT2D eigenvalue weighted by Gasteiger charge is -2.11. The third-order valence-corrected chi connectivity index (χ3v) is 3.80. The molecule has 0 saturated heterocycles.